The standard InChI is InChI=1S/C22H25N3O5/c1-27-22(26)21-23-16-25(24-21)17-30-20(14-28-12-18-8-4-2-5-9-18)15-29-13-19-10-6-3-7-11-19/h2-11,16,20H,12-15,17H2,1H3. The number of carbonyl (C=O) groups is 1. The molecule has 0 atom stereocenters. The van der Waals surface area contributed by atoms with Crippen LogP contribution in [0.5, 0.6) is 0 Å². The van der Waals surface area contributed by atoms with Gasteiger partial charge in [-0.1, -0.05) is 60.7 Å². The Labute approximate surface area is 175 Å². The summed E-state index contributed by atoms with van der Waals surface area (Å²) in [5.74, 6) is -0.610. The van der Waals surface area contributed by atoms with Gasteiger partial charge in [0.05, 0.1) is 33.5 Å². The average molecular weight is 411 g/mol. The van der Waals surface area contributed by atoms with Crippen molar-refractivity contribution in [2.75, 3.05) is 20.3 Å². The first kappa shape index (κ1) is 21.6. The third-order valence-electron chi connectivity index (χ3n) is 4.18. The molecule has 0 aliphatic rings. The highest BCUT2D eigenvalue weighted by atomic mass is 16.6. The molecule has 30 heavy (non-hydrogen) atoms. The largest absolute Gasteiger partial charge is 0.463 e. The number of hydrogen-bond acceptors (Lipinski definition) is 7. The van der Waals surface area contributed by atoms with Crippen LogP contribution in [-0.4, -0.2) is 47.2 Å². The molecule has 0 aliphatic heterocycles. The van der Waals surface area contributed by atoms with E-state index in [1.54, 1.807) is 0 Å². The molecule has 0 aliphatic carbocycles. The van der Waals surface area contributed by atoms with Gasteiger partial charge in [0.1, 0.15) is 19.2 Å². The molecule has 158 valence electrons. The molecule has 0 radical (unpaired) electrons. The first-order chi connectivity index (χ1) is 14.7. The maximum absolute atomic E-state index is 11.5. The SMILES string of the molecule is COC(=O)c1ncn(COC(COCc2ccccc2)COCc2ccccc2)n1. The quantitative estimate of drug-likeness (QED) is 0.424. The lowest BCUT2D eigenvalue weighted by Gasteiger charge is -2.18. The van der Waals surface area contributed by atoms with E-state index in [0.29, 0.717) is 26.4 Å². The maximum Gasteiger partial charge on any atom is 0.377 e. The summed E-state index contributed by atoms with van der Waals surface area (Å²) >= 11 is 0. The van der Waals surface area contributed by atoms with E-state index in [2.05, 4.69) is 14.8 Å². The van der Waals surface area contributed by atoms with Crippen molar-refractivity contribution in [3.63, 3.8) is 0 Å². The predicted octanol–water partition coefficient (Wildman–Crippen LogP) is 2.84. The van der Waals surface area contributed by atoms with Gasteiger partial charge in [-0.05, 0) is 11.1 Å². The Morgan fingerprint density at radius 2 is 1.50 bits per heavy atom. The van der Waals surface area contributed by atoms with Gasteiger partial charge in [-0.2, -0.15) is 0 Å². The fraction of sp³-hybridized carbons (Fsp3) is 0.318. The summed E-state index contributed by atoms with van der Waals surface area (Å²) in [6.07, 6.45) is 1.10. The maximum atomic E-state index is 11.5. The van der Waals surface area contributed by atoms with Crippen LogP contribution >= 0.6 is 0 Å². The summed E-state index contributed by atoms with van der Waals surface area (Å²) in [5.41, 5.74) is 2.17. The molecule has 0 amide bonds. The number of esters is 1. The van der Waals surface area contributed by atoms with E-state index >= 15 is 0 Å². The van der Waals surface area contributed by atoms with E-state index in [0.717, 1.165) is 11.1 Å². The average Bonchev–Trinajstić information content (AvgIpc) is 3.27. The van der Waals surface area contributed by atoms with Crippen molar-refractivity contribution in [1.82, 2.24) is 14.8 Å². The van der Waals surface area contributed by atoms with Gasteiger partial charge in [0.25, 0.3) is 5.82 Å². The van der Waals surface area contributed by atoms with Gasteiger partial charge in [0.2, 0.25) is 0 Å². The second-order valence-electron chi connectivity index (χ2n) is 6.52. The predicted molar refractivity (Wildman–Crippen MR) is 108 cm³/mol. The minimum absolute atomic E-state index is 0.0155. The molecule has 8 heteroatoms. The van der Waals surface area contributed by atoms with Crippen LogP contribution in [-0.2, 0) is 38.9 Å². The van der Waals surface area contributed by atoms with Gasteiger partial charge < -0.3 is 18.9 Å². The number of hydrogen-bond donors (Lipinski definition) is 0. The molecule has 0 N–H and O–H groups in total. The van der Waals surface area contributed by atoms with Crippen molar-refractivity contribution in [3.05, 3.63) is 83.9 Å². The summed E-state index contributed by atoms with van der Waals surface area (Å²) in [7, 11) is 1.28. The molecule has 0 spiro atoms. The van der Waals surface area contributed by atoms with Crippen molar-refractivity contribution in [3.8, 4) is 0 Å². The van der Waals surface area contributed by atoms with Crippen molar-refractivity contribution in [1.29, 1.82) is 0 Å². The lowest BCUT2D eigenvalue weighted by atomic mass is 10.2. The van der Waals surface area contributed by atoms with E-state index in [-0.39, 0.29) is 18.7 Å². The highest BCUT2D eigenvalue weighted by Gasteiger charge is 2.14. The second-order valence-corrected chi connectivity index (χ2v) is 6.52. The molecule has 0 fully saturated rings. The molecule has 0 saturated heterocycles. The highest BCUT2D eigenvalue weighted by molar-refractivity contribution is 5.84. The van der Waals surface area contributed by atoms with E-state index in [1.807, 2.05) is 60.7 Å². The lowest BCUT2D eigenvalue weighted by molar-refractivity contribution is -0.0899. The molecule has 0 bridgehead atoms. The first-order valence-electron chi connectivity index (χ1n) is 9.57. The first-order valence-corrected chi connectivity index (χ1v) is 9.57. The monoisotopic (exact) mass is 411 g/mol. The van der Waals surface area contributed by atoms with Gasteiger partial charge in [-0.25, -0.2) is 14.5 Å². The van der Waals surface area contributed by atoms with Gasteiger partial charge in [0, 0.05) is 0 Å². The van der Waals surface area contributed by atoms with E-state index in [1.165, 1.54) is 18.1 Å². The third-order valence-corrected chi connectivity index (χ3v) is 4.18. The summed E-state index contributed by atoms with van der Waals surface area (Å²) in [4.78, 5) is 15.4. The van der Waals surface area contributed by atoms with Gasteiger partial charge in [-0.15, -0.1) is 5.10 Å². The second kappa shape index (κ2) is 11.8. The van der Waals surface area contributed by atoms with Gasteiger partial charge >= 0.3 is 5.97 Å². The number of aromatic nitrogens is 3. The van der Waals surface area contributed by atoms with Gasteiger partial charge in [0.15, 0.2) is 0 Å². The van der Waals surface area contributed by atoms with E-state index in [4.69, 9.17) is 14.2 Å². The fourth-order valence-electron chi connectivity index (χ4n) is 2.63. The molecule has 0 unspecified atom stereocenters. The number of benzene rings is 2. The van der Waals surface area contributed by atoms with Crippen LogP contribution in [0.2, 0.25) is 0 Å². The lowest BCUT2D eigenvalue weighted by Crippen LogP contribution is -2.27. The third kappa shape index (κ3) is 7.07. The van der Waals surface area contributed by atoms with Crippen LogP contribution < -0.4 is 0 Å². The molecule has 3 rings (SSSR count). The van der Waals surface area contributed by atoms with Crippen molar-refractivity contribution in [2.45, 2.75) is 26.0 Å². The number of carbonyl (C=O) groups excluding carboxylic acids is 1. The fourth-order valence-corrected chi connectivity index (χ4v) is 2.63. The van der Waals surface area contributed by atoms with Crippen LogP contribution in [0.25, 0.3) is 0 Å². The Kier molecular flexibility index (Phi) is 8.52. The minimum atomic E-state index is -0.595. The van der Waals surface area contributed by atoms with Crippen molar-refractivity contribution < 1.29 is 23.7 Å². The summed E-state index contributed by atoms with van der Waals surface area (Å²) in [6, 6.07) is 19.8. The van der Waals surface area contributed by atoms with Crippen LogP contribution in [0.4, 0.5) is 0 Å². The number of methoxy groups -OCH3 is 1. The molecule has 0 saturated carbocycles. The molecular weight excluding hydrogens is 386 g/mol. The Morgan fingerprint density at radius 1 is 0.933 bits per heavy atom. The number of ether oxygens (including phenoxy) is 4. The Balaban J connectivity index is 1.50. The number of rotatable bonds is 12. The molecule has 1 aromatic heterocycles. The Bertz CT molecular complexity index is 841. The Hall–Kier alpha value is -3.07. The molecular formula is C22H25N3O5. The zero-order valence-corrected chi connectivity index (χ0v) is 16.8. The molecule has 3 aromatic rings. The van der Waals surface area contributed by atoms with E-state index < -0.39 is 5.97 Å². The van der Waals surface area contributed by atoms with Crippen molar-refractivity contribution >= 4 is 5.97 Å². The summed E-state index contributed by atoms with van der Waals surface area (Å²) in [5, 5.41) is 4.03. The smallest absolute Gasteiger partial charge is 0.377 e. The van der Waals surface area contributed by atoms with Gasteiger partial charge in [-0.3, -0.25) is 0 Å². The highest BCUT2D eigenvalue weighted by Crippen LogP contribution is 2.06. The normalized spacial score (nSPS) is 11.0. The molecule has 8 nitrogen and oxygen atoms in total. The Morgan fingerprint density at radius 3 is 2.03 bits per heavy atom. The summed E-state index contributed by atoms with van der Waals surface area (Å²) < 4.78 is 23.5. The van der Waals surface area contributed by atoms with Crippen molar-refractivity contribution in [2.24, 2.45) is 0 Å². The van der Waals surface area contributed by atoms with Crippen LogP contribution in [0, 0.1) is 0 Å². The van der Waals surface area contributed by atoms with E-state index in [9.17, 15) is 4.79 Å². The molecule has 1 heterocycles. The summed E-state index contributed by atoms with van der Waals surface area (Å²) in [6.45, 7) is 1.77. The van der Waals surface area contributed by atoms with Crippen LogP contribution in [0.15, 0.2) is 67.0 Å². The van der Waals surface area contributed by atoms with Crippen LogP contribution in [0.1, 0.15) is 21.7 Å². The van der Waals surface area contributed by atoms with Crippen LogP contribution in [0.3, 0.4) is 0 Å². The zero-order chi connectivity index (χ0) is 21.0. The topological polar surface area (TPSA) is 84.7 Å². The number of nitrogens with zero attached hydrogens (tertiary/aromatic N) is 3. The molecule has 2 aromatic carbocycles. The zero-order valence-electron chi connectivity index (χ0n) is 16.8. The minimum Gasteiger partial charge on any atom is -0.463 e.